The normalized spacial score (nSPS) is 15.1. The SMILES string of the molecule is CC1=C(C=N)CC=CN1c1ccc2ccccc2c1. The molecule has 1 heterocycles. The van der Waals surface area contributed by atoms with Crippen molar-refractivity contribution in [3.8, 4) is 0 Å². The molecule has 1 N–H and O–H groups in total. The molecule has 0 spiro atoms. The smallest absolute Gasteiger partial charge is 0.0458 e. The fraction of sp³-hybridized carbons (Fsp3) is 0.118. The second-order valence-electron chi connectivity index (χ2n) is 4.75. The van der Waals surface area contributed by atoms with Crippen molar-refractivity contribution in [2.45, 2.75) is 13.3 Å². The summed E-state index contributed by atoms with van der Waals surface area (Å²) in [6.07, 6.45) is 6.49. The van der Waals surface area contributed by atoms with Crippen molar-refractivity contribution in [1.82, 2.24) is 0 Å². The van der Waals surface area contributed by atoms with Gasteiger partial charge in [0.05, 0.1) is 0 Å². The molecule has 0 radical (unpaired) electrons. The van der Waals surface area contributed by atoms with Crippen molar-refractivity contribution in [3.05, 3.63) is 66.0 Å². The number of nitrogens with zero attached hydrogens (tertiary/aromatic N) is 1. The Morgan fingerprint density at radius 3 is 2.68 bits per heavy atom. The zero-order chi connectivity index (χ0) is 13.2. The van der Waals surface area contributed by atoms with Gasteiger partial charge in [-0.1, -0.05) is 36.4 Å². The van der Waals surface area contributed by atoms with E-state index in [0.29, 0.717) is 0 Å². The van der Waals surface area contributed by atoms with Gasteiger partial charge >= 0.3 is 0 Å². The Kier molecular flexibility index (Phi) is 2.92. The van der Waals surface area contributed by atoms with Crippen LogP contribution in [-0.2, 0) is 0 Å². The minimum atomic E-state index is 0.847. The molecule has 0 saturated heterocycles. The molecule has 0 fully saturated rings. The summed E-state index contributed by atoms with van der Waals surface area (Å²) in [4.78, 5) is 2.15. The first-order valence-corrected chi connectivity index (χ1v) is 6.44. The first-order valence-electron chi connectivity index (χ1n) is 6.44. The standard InChI is InChI=1S/C17H16N2/c1-13-16(12-18)7-4-10-19(13)17-9-8-14-5-2-3-6-15(14)11-17/h2-6,8-12,18H,7H2,1H3. The maximum atomic E-state index is 7.47. The van der Waals surface area contributed by atoms with Gasteiger partial charge in [-0.3, -0.25) is 0 Å². The van der Waals surface area contributed by atoms with Gasteiger partial charge in [0.15, 0.2) is 0 Å². The van der Waals surface area contributed by atoms with Crippen LogP contribution in [0.25, 0.3) is 10.8 Å². The van der Waals surface area contributed by atoms with Crippen molar-refractivity contribution >= 4 is 22.7 Å². The van der Waals surface area contributed by atoms with Crippen molar-refractivity contribution in [2.24, 2.45) is 0 Å². The molecule has 0 saturated carbocycles. The van der Waals surface area contributed by atoms with Crippen LogP contribution in [0.15, 0.2) is 66.0 Å². The second-order valence-corrected chi connectivity index (χ2v) is 4.75. The Hall–Kier alpha value is -2.35. The highest BCUT2D eigenvalue weighted by molar-refractivity contribution is 5.87. The third-order valence-corrected chi connectivity index (χ3v) is 3.60. The molecule has 0 bridgehead atoms. The molecule has 2 aromatic rings. The molecular formula is C17H16N2. The van der Waals surface area contributed by atoms with Crippen molar-refractivity contribution < 1.29 is 0 Å². The lowest BCUT2D eigenvalue weighted by molar-refractivity contribution is 1.05. The van der Waals surface area contributed by atoms with Gasteiger partial charge in [-0.05, 0) is 41.8 Å². The van der Waals surface area contributed by atoms with Gasteiger partial charge in [0.1, 0.15) is 0 Å². The predicted molar refractivity (Wildman–Crippen MR) is 81.7 cm³/mol. The van der Waals surface area contributed by atoms with Crippen LogP contribution in [0.3, 0.4) is 0 Å². The van der Waals surface area contributed by atoms with Crippen molar-refractivity contribution in [3.63, 3.8) is 0 Å². The number of hydrogen-bond acceptors (Lipinski definition) is 2. The number of hydrogen-bond donors (Lipinski definition) is 1. The molecule has 1 aliphatic rings. The van der Waals surface area contributed by atoms with E-state index in [4.69, 9.17) is 5.41 Å². The van der Waals surface area contributed by atoms with E-state index in [2.05, 4.69) is 66.6 Å². The third kappa shape index (κ3) is 2.06. The van der Waals surface area contributed by atoms with E-state index in [9.17, 15) is 0 Å². The van der Waals surface area contributed by atoms with E-state index in [1.54, 1.807) is 0 Å². The number of allylic oxidation sites excluding steroid dienone is 3. The Bertz CT molecular complexity index is 695. The summed E-state index contributed by atoms with van der Waals surface area (Å²) in [5.41, 5.74) is 3.34. The molecule has 2 heteroatoms. The molecule has 0 atom stereocenters. The summed E-state index contributed by atoms with van der Waals surface area (Å²) in [5.74, 6) is 0. The van der Waals surface area contributed by atoms with Crippen LogP contribution in [0.2, 0.25) is 0 Å². The minimum absolute atomic E-state index is 0.847. The summed E-state index contributed by atoms with van der Waals surface area (Å²) in [6.45, 7) is 2.07. The highest BCUT2D eigenvalue weighted by atomic mass is 15.1. The molecule has 0 amide bonds. The second kappa shape index (κ2) is 4.73. The highest BCUT2D eigenvalue weighted by Crippen LogP contribution is 2.28. The zero-order valence-corrected chi connectivity index (χ0v) is 10.9. The van der Waals surface area contributed by atoms with Crippen LogP contribution >= 0.6 is 0 Å². The largest absolute Gasteiger partial charge is 0.321 e. The van der Waals surface area contributed by atoms with Crippen LogP contribution < -0.4 is 4.90 Å². The summed E-state index contributed by atoms with van der Waals surface area (Å²) in [6, 6.07) is 14.8. The maximum Gasteiger partial charge on any atom is 0.0458 e. The molecule has 0 aliphatic carbocycles. The van der Waals surface area contributed by atoms with Gasteiger partial charge < -0.3 is 10.3 Å². The van der Waals surface area contributed by atoms with Gasteiger partial charge in [0.2, 0.25) is 0 Å². The summed E-state index contributed by atoms with van der Waals surface area (Å²) in [7, 11) is 0. The average molecular weight is 248 g/mol. The Morgan fingerprint density at radius 2 is 1.89 bits per heavy atom. The van der Waals surface area contributed by atoms with E-state index < -0.39 is 0 Å². The van der Waals surface area contributed by atoms with E-state index >= 15 is 0 Å². The summed E-state index contributed by atoms with van der Waals surface area (Å²) >= 11 is 0. The Morgan fingerprint density at radius 1 is 1.11 bits per heavy atom. The van der Waals surface area contributed by atoms with Crippen LogP contribution in [0.5, 0.6) is 0 Å². The number of rotatable bonds is 2. The van der Waals surface area contributed by atoms with Gasteiger partial charge in [0, 0.05) is 23.8 Å². The molecular weight excluding hydrogens is 232 g/mol. The fourth-order valence-electron chi connectivity index (χ4n) is 2.47. The molecule has 2 nitrogen and oxygen atoms in total. The first-order chi connectivity index (χ1) is 9.29. The first kappa shape index (κ1) is 11.7. The number of anilines is 1. The highest BCUT2D eigenvalue weighted by Gasteiger charge is 2.12. The van der Waals surface area contributed by atoms with Crippen LogP contribution in [0.1, 0.15) is 13.3 Å². The summed E-state index contributed by atoms with van der Waals surface area (Å²) in [5, 5.41) is 9.96. The van der Waals surface area contributed by atoms with E-state index in [-0.39, 0.29) is 0 Å². The third-order valence-electron chi connectivity index (χ3n) is 3.60. The monoisotopic (exact) mass is 248 g/mol. The summed E-state index contributed by atoms with van der Waals surface area (Å²) < 4.78 is 0. The van der Waals surface area contributed by atoms with Crippen LogP contribution in [0, 0.1) is 5.41 Å². The van der Waals surface area contributed by atoms with Crippen molar-refractivity contribution in [2.75, 3.05) is 4.90 Å². The average Bonchev–Trinajstić information content (AvgIpc) is 2.47. The molecule has 0 unspecified atom stereocenters. The lowest BCUT2D eigenvalue weighted by Gasteiger charge is -2.26. The van der Waals surface area contributed by atoms with Crippen LogP contribution in [0.4, 0.5) is 5.69 Å². The van der Waals surface area contributed by atoms with Gasteiger partial charge in [0.25, 0.3) is 0 Å². The lowest BCUT2D eigenvalue weighted by Crippen LogP contribution is -2.18. The molecule has 0 aromatic heterocycles. The maximum absolute atomic E-state index is 7.47. The number of nitrogens with one attached hydrogen (secondary N) is 1. The quantitative estimate of drug-likeness (QED) is 0.779. The molecule has 19 heavy (non-hydrogen) atoms. The minimum Gasteiger partial charge on any atom is -0.321 e. The topological polar surface area (TPSA) is 27.1 Å². The fourth-order valence-corrected chi connectivity index (χ4v) is 2.47. The van der Waals surface area contributed by atoms with Gasteiger partial charge in [-0.2, -0.15) is 0 Å². The molecule has 1 aliphatic heterocycles. The van der Waals surface area contributed by atoms with Gasteiger partial charge in [-0.25, -0.2) is 0 Å². The Labute approximate surface area is 113 Å². The molecule has 3 rings (SSSR count). The van der Waals surface area contributed by atoms with Crippen LogP contribution in [-0.4, -0.2) is 6.21 Å². The zero-order valence-electron chi connectivity index (χ0n) is 10.9. The van der Waals surface area contributed by atoms with Gasteiger partial charge in [-0.15, -0.1) is 0 Å². The van der Waals surface area contributed by atoms with E-state index in [1.807, 2.05) is 0 Å². The molecule has 94 valence electrons. The number of fused-ring (bicyclic) bond motifs is 1. The lowest BCUT2D eigenvalue weighted by atomic mass is 10.1. The molecule has 2 aromatic carbocycles. The Balaban J connectivity index is 2.09. The van der Waals surface area contributed by atoms with E-state index in [1.165, 1.54) is 17.0 Å². The number of benzene rings is 2. The predicted octanol–water partition coefficient (Wildman–Crippen LogP) is 4.49. The van der Waals surface area contributed by atoms with Crippen molar-refractivity contribution in [1.29, 1.82) is 5.41 Å². The van der Waals surface area contributed by atoms with E-state index in [0.717, 1.165) is 23.4 Å².